The van der Waals surface area contributed by atoms with Gasteiger partial charge in [-0.1, -0.05) is 169 Å². The minimum absolute atomic E-state index is 0.000456. The van der Waals surface area contributed by atoms with Crippen molar-refractivity contribution in [1.82, 2.24) is 0 Å². The van der Waals surface area contributed by atoms with Gasteiger partial charge < -0.3 is 4.81 Å². The molecular formula is C54H46BN. The highest BCUT2D eigenvalue weighted by molar-refractivity contribution is 6.92. The van der Waals surface area contributed by atoms with E-state index in [9.17, 15) is 0 Å². The Bertz CT molecular complexity index is 2910. The van der Waals surface area contributed by atoms with Crippen molar-refractivity contribution >= 4 is 50.7 Å². The first-order chi connectivity index (χ1) is 27.0. The largest absolute Gasteiger partial charge is 0.376 e. The lowest BCUT2D eigenvalue weighted by Gasteiger charge is -2.47. The summed E-state index contributed by atoms with van der Waals surface area (Å²) in [5, 5.41) is 5.30. The highest BCUT2D eigenvalue weighted by Crippen LogP contribution is 2.52. The molecule has 3 aliphatic rings. The van der Waals surface area contributed by atoms with Crippen LogP contribution in [-0.4, -0.2) is 6.85 Å². The first kappa shape index (κ1) is 33.5. The van der Waals surface area contributed by atoms with Crippen LogP contribution in [0.25, 0.3) is 54.9 Å². The molecule has 2 aliphatic heterocycles. The Balaban J connectivity index is 1.28. The summed E-state index contributed by atoms with van der Waals surface area (Å²) in [6.07, 6.45) is 0.996. The fourth-order valence-electron chi connectivity index (χ4n) is 10.3. The number of nitrogens with zero attached hydrogens (tertiary/aromatic N) is 1. The van der Waals surface area contributed by atoms with E-state index in [-0.39, 0.29) is 23.6 Å². The van der Waals surface area contributed by atoms with Crippen LogP contribution in [0.3, 0.4) is 0 Å². The van der Waals surface area contributed by atoms with Gasteiger partial charge in [-0.25, -0.2) is 0 Å². The third-order valence-corrected chi connectivity index (χ3v) is 13.1. The van der Waals surface area contributed by atoms with Gasteiger partial charge in [-0.05, 0) is 130 Å². The van der Waals surface area contributed by atoms with E-state index in [1.54, 1.807) is 0 Å². The summed E-state index contributed by atoms with van der Waals surface area (Å²) in [5.41, 5.74) is 20.8. The molecule has 56 heavy (non-hydrogen) atoms. The average Bonchev–Trinajstić information content (AvgIpc) is 3.21. The zero-order valence-corrected chi connectivity index (χ0v) is 33.2. The molecule has 1 unspecified atom stereocenters. The van der Waals surface area contributed by atoms with Gasteiger partial charge in [0, 0.05) is 22.9 Å². The van der Waals surface area contributed by atoms with Crippen molar-refractivity contribution in [2.75, 3.05) is 4.81 Å². The molecule has 1 nitrogen and oxygen atoms in total. The van der Waals surface area contributed by atoms with E-state index in [0.29, 0.717) is 0 Å². The number of fused-ring (bicyclic) bond motifs is 10. The summed E-state index contributed by atoms with van der Waals surface area (Å²) >= 11 is 0. The lowest BCUT2D eigenvalue weighted by molar-refractivity contribution is 0.588. The molecule has 0 saturated carbocycles. The Morgan fingerprint density at radius 1 is 0.518 bits per heavy atom. The fraction of sp³-hybridized carbons (Fsp3) is 0.185. The Morgan fingerprint density at radius 3 is 1.93 bits per heavy atom. The summed E-state index contributed by atoms with van der Waals surface area (Å²) in [5.74, 6) is 0.247. The van der Waals surface area contributed by atoms with Crippen molar-refractivity contribution in [1.29, 1.82) is 0 Å². The van der Waals surface area contributed by atoms with Crippen molar-refractivity contribution in [2.45, 2.75) is 64.7 Å². The van der Waals surface area contributed by atoms with Gasteiger partial charge >= 0.3 is 6.85 Å². The highest BCUT2D eigenvalue weighted by atomic mass is 15.1. The molecule has 0 bridgehead atoms. The number of rotatable bonds is 2. The van der Waals surface area contributed by atoms with E-state index in [2.05, 4.69) is 198 Å². The molecule has 8 aromatic rings. The van der Waals surface area contributed by atoms with Gasteiger partial charge in [-0.3, -0.25) is 0 Å². The molecule has 270 valence electrons. The van der Waals surface area contributed by atoms with Crippen molar-refractivity contribution in [3.63, 3.8) is 0 Å². The van der Waals surface area contributed by atoms with Crippen LogP contribution in [0.4, 0.5) is 11.4 Å². The van der Waals surface area contributed by atoms with Gasteiger partial charge in [0.05, 0.1) is 0 Å². The van der Waals surface area contributed by atoms with E-state index in [4.69, 9.17) is 0 Å². The quantitative estimate of drug-likeness (QED) is 0.161. The summed E-state index contributed by atoms with van der Waals surface area (Å²) in [6.45, 7) is 14.2. The molecule has 0 spiro atoms. The van der Waals surface area contributed by atoms with Crippen LogP contribution < -0.4 is 15.7 Å². The second-order valence-corrected chi connectivity index (χ2v) is 18.5. The maximum Gasteiger partial charge on any atom is 0.329 e. The van der Waals surface area contributed by atoms with Crippen LogP contribution in [0.2, 0.25) is 0 Å². The number of hydrogen-bond acceptors (Lipinski definition) is 1. The van der Waals surface area contributed by atoms with Crippen LogP contribution in [0.5, 0.6) is 0 Å². The molecule has 1 atom stereocenters. The van der Waals surface area contributed by atoms with Gasteiger partial charge in [-0.2, -0.15) is 0 Å². The minimum atomic E-state index is -0.0301. The molecule has 0 aromatic heterocycles. The van der Waals surface area contributed by atoms with Gasteiger partial charge in [0.15, 0.2) is 0 Å². The number of hydrogen-bond donors (Lipinski definition) is 0. The first-order valence-electron chi connectivity index (χ1n) is 20.4. The second kappa shape index (κ2) is 11.8. The standard InChI is InChI=1S/C54H46BN/c1-53(2,3)38-24-20-37-28-45-49-44(43(37)30-38)31-39(54(4,5)6)32-47(49)55-52-46(29-36-17-11-13-19-42(36)51(45)52)50-41-18-12-10-16-35(41)23-27-48(50)56(55)40-25-21-34(22-26-40)33-14-8-7-9-15-33/h7-27,29-32,45H,28H2,1-6H3. The predicted octanol–water partition coefficient (Wildman–Crippen LogP) is 12.8. The van der Waals surface area contributed by atoms with Crippen LogP contribution >= 0.6 is 0 Å². The summed E-state index contributed by atoms with van der Waals surface area (Å²) < 4.78 is 0. The maximum atomic E-state index is 2.70. The maximum absolute atomic E-state index is 2.70. The number of benzene rings is 8. The number of anilines is 2. The van der Waals surface area contributed by atoms with Gasteiger partial charge in [0.25, 0.3) is 0 Å². The average molecular weight is 720 g/mol. The smallest absolute Gasteiger partial charge is 0.329 e. The summed E-state index contributed by atoms with van der Waals surface area (Å²) in [6, 6.07) is 58.1. The third-order valence-electron chi connectivity index (χ3n) is 13.1. The Morgan fingerprint density at radius 2 is 1.18 bits per heavy atom. The molecule has 0 N–H and O–H groups in total. The Labute approximate surface area is 331 Å². The Hall–Kier alpha value is -5.86. The highest BCUT2D eigenvalue weighted by Gasteiger charge is 2.48. The van der Waals surface area contributed by atoms with Crippen LogP contribution in [0.15, 0.2) is 152 Å². The van der Waals surface area contributed by atoms with E-state index < -0.39 is 0 Å². The molecule has 0 saturated heterocycles. The Kier molecular flexibility index (Phi) is 7.07. The van der Waals surface area contributed by atoms with E-state index >= 15 is 0 Å². The van der Waals surface area contributed by atoms with Crippen molar-refractivity contribution in [3.05, 3.63) is 179 Å². The molecule has 2 heteroatoms. The van der Waals surface area contributed by atoms with Crippen LogP contribution in [0, 0.1) is 0 Å². The zero-order chi connectivity index (χ0) is 38.1. The SMILES string of the molecule is CC(C)(C)c1ccc2c(c1)-c1cc(C(C)(C)C)cc3c1C(C2)c1c2c(cc4ccccc14)-c1c(ccc4ccccc14)N(c1ccc(-c4ccccc4)cc1)B32. The van der Waals surface area contributed by atoms with Crippen molar-refractivity contribution in [3.8, 4) is 33.4 Å². The second-order valence-electron chi connectivity index (χ2n) is 18.5. The minimum Gasteiger partial charge on any atom is -0.376 e. The fourth-order valence-corrected chi connectivity index (χ4v) is 10.3. The van der Waals surface area contributed by atoms with Crippen molar-refractivity contribution < 1.29 is 0 Å². The summed E-state index contributed by atoms with van der Waals surface area (Å²) in [4.78, 5) is 2.70. The van der Waals surface area contributed by atoms with Gasteiger partial charge in [0.2, 0.25) is 0 Å². The van der Waals surface area contributed by atoms with Crippen LogP contribution in [0.1, 0.15) is 75.3 Å². The molecule has 1 aliphatic carbocycles. The third kappa shape index (κ3) is 4.88. The molecule has 0 radical (unpaired) electrons. The lowest BCUT2D eigenvalue weighted by Crippen LogP contribution is -2.62. The molecule has 0 fully saturated rings. The predicted molar refractivity (Wildman–Crippen MR) is 241 cm³/mol. The van der Waals surface area contributed by atoms with E-state index in [0.717, 1.165) is 6.42 Å². The monoisotopic (exact) mass is 719 g/mol. The zero-order valence-electron chi connectivity index (χ0n) is 33.2. The van der Waals surface area contributed by atoms with E-state index in [1.165, 1.54) is 105 Å². The van der Waals surface area contributed by atoms with E-state index in [1.807, 2.05) is 0 Å². The van der Waals surface area contributed by atoms with Crippen LogP contribution in [-0.2, 0) is 17.3 Å². The van der Waals surface area contributed by atoms with Gasteiger partial charge in [0.1, 0.15) is 0 Å². The molecule has 11 rings (SSSR count). The first-order valence-corrected chi connectivity index (χ1v) is 20.4. The molecule has 2 heterocycles. The molecular weight excluding hydrogens is 673 g/mol. The summed E-state index contributed by atoms with van der Waals surface area (Å²) in [7, 11) is 0. The molecule has 0 amide bonds. The lowest BCUT2D eigenvalue weighted by atomic mass is 9.38. The topological polar surface area (TPSA) is 3.24 Å². The molecule has 8 aromatic carbocycles. The normalized spacial score (nSPS) is 15.4. The van der Waals surface area contributed by atoms with Crippen molar-refractivity contribution in [2.24, 2.45) is 0 Å². The van der Waals surface area contributed by atoms with Gasteiger partial charge in [-0.15, -0.1) is 0 Å².